The van der Waals surface area contributed by atoms with Crippen molar-refractivity contribution in [2.24, 2.45) is 0 Å². The average molecular weight is 233 g/mol. The molecular weight excluding hydrogens is 220 g/mol. The fourth-order valence-corrected chi connectivity index (χ4v) is 2.53. The Labute approximate surface area is 90.3 Å². The monoisotopic (exact) mass is 233 g/mol. The summed E-state index contributed by atoms with van der Waals surface area (Å²) in [5, 5.41) is 42.3. The van der Waals surface area contributed by atoms with Gasteiger partial charge in [-0.05, 0) is 0 Å². The molecule has 3 saturated heterocycles. The van der Waals surface area contributed by atoms with Crippen LogP contribution in [0.3, 0.4) is 0 Å². The highest BCUT2D eigenvalue weighted by molar-refractivity contribution is 5.73. The second-order valence-corrected chi connectivity index (χ2v) is 4.32. The highest BCUT2D eigenvalue weighted by Crippen LogP contribution is 2.70. The third-order valence-electron chi connectivity index (χ3n) is 3.40. The van der Waals surface area contributed by atoms with E-state index in [0.717, 1.165) is 0 Å². The molecule has 0 aliphatic carbocycles. The number of fused-ring (bicyclic) bond motifs is 1. The molecule has 1 spiro atoms. The lowest BCUT2D eigenvalue weighted by molar-refractivity contribution is -0.355. The van der Waals surface area contributed by atoms with Crippen molar-refractivity contribution in [3.8, 4) is 0 Å². The summed E-state index contributed by atoms with van der Waals surface area (Å²) in [6, 6.07) is -0.997. The summed E-state index contributed by atoms with van der Waals surface area (Å²) in [5.74, 6) is -0.419. The zero-order valence-corrected chi connectivity index (χ0v) is 8.44. The molecule has 90 valence electrons. The van der Waals surface area contributed by atoms with E-state index in [9.17, 15) is 25.2 Å². The van der Waals surface area contributed by atoms with E-state index in [1.54, 1.807) is 0 Å². The number of amides is 1. The molecule has 1 amide bonds. The Morgan fingerprint density at radius 2 is 2.00 bits per heavy atom. The molecule has 0 aromatic carbocycles. The van der Waals surface area contributed by atoms with Crippen molar-refractivity contribution in [2.75, 3.05) is 0 Å². The van der Waals surface area contributed by atoms with Gasteiger partial charge in [-0.2, -0.15) is 0 Å². The van der Waals surface area contributed by atoms with Crippen LogP contribution in [0.15, 0.2) is 0 Å². The first-order valence-electron chi connectivity index (χ1n) is 4.96. The molecule has 3 aliphatic rings. The normalized spacial score (nSPS) is 58.6. The molecule has 3 fully saturated rings. The van der Waals surface area contributed by atoms with E-state index in [1.807, 2.05) is 0 Å². The number of aliphatic hydroxyl groups excluding tert-OH is 4. The van der Waals surface area contributed by atoms with Crippen molar-refractivity contribution in [3.63, 3.8) is 0 Å². The zero-order chi connectivity index (χ0) is 11.8. The van der Waals surface area contributed by atoms with Crippen LogP contribution < -0.4 is 5.32 Å². The van der Waals surface area contributed by atoms with Crippen molar-refractivity contribution in [2.45, 2.75) is 43.4 Å². The van der Waals surface area contributed by atoms with Crippen LogP contribution in [0.1, 0.15) is 6.92 Å². The standard InChI is InChI=1S/C8H12N2O6/c1-2(11)9-3-4(12)5(13)8-7(15)10(8)16(8)6(3)14/h3-7,12-15H,1H3/p+1/t3-,4-,5+,6-,7-,8-,10?/m1/s1. The van der Waals surface area contributed by atoms with Crippen molar-refractivity contribution >= 4 is 5.91 Å². The Kier molecular flexibility index (Phi) is 1.77. The van der Waals surface area contributed by atoms with Crippen LogP contribution in [0, 0.1) is 0 Å². The molecule has 0 radical (unpaired) electrons. The first kappa shape index (κ1) is 10.4. The van der Waals surface area contributed by atoms with E-state index >= 15 is 0 Å². The Balaban J connectivity index is 1.82. The highest BCUT2D eigenvalue weighted by Gasteiger charge is 3.06. The van der Waals surface area contributed by atoms with Gasteiger partial charge in [-0.15, -0.1) is 0 Å². The number of rotatable bonds is 1. The third kappa shape index (κ3) is 0.887. The molecule has 1 unspecified atom stereocenters. The van der Waals surface area contributed by atoms with Crippen LogP contribution in [-0.2, 0) is 9.26 Å². The SMILES string of the molecule is CC(=O)N[C@@H]1[C@@H](O)[C@H](O)[C@@]23[C@@H](O)N2[O+]3[C@H]1O. The second kappa shape index (κ2) is 2.73. The minimum Gasteiger partial charge on any atom is -0.387 e. The first-order chi connectivity index (χ1) is 7.44. The summed E-state index contributed by atoms with van der Waals surface area (Å²) in [5.41, 5.74) is -1.12. The van der Waals surface area contributed by atoms with Crippen LogP contribution in [0.25, 0.3) is 0 Å². The van der Waals surface area contributed by atoms with E-state index in [1.165, 1.54) is 12.0 Å². The van der Waals surface area contributed by atoms with Gasteiger partial charge in [0.2, 0.25) is 5.91 Å². The van der Waals surface area contributed by atoms with Gasteiger partial charge in [0.05, 0.1) is 5.06 Å². The smallest absolute Gasteiger partial charge is 0.386 e. The molecule has 3 rings (SSSR count). The summed E-state index contributed by atoms with van der Waals surface area (Å²) in [4.78, 5) is 10.9. The summed E-state index contributed by atoms with van der Waals surface area (Å²) in [6.45, 7) is 1.25. The van der Waals surface area contributed by atoms with Crippen molar-refractivity contribution in [3.05, 3.63) is 0 Å². The Hall–Kier alpha value is -0.770. The molecule has 8 nitrogen and oxygen atoms in total. The maximum Gasteiger partial charge on any atom is 0.386 e. The van der Waals surface area contributed by atoms with Crippen LogP contribution >= 0.6 is 0 Å². The molecule has 0 aromatic rings. The molecule has 0 aromatic heterocycles. The predicted octanol–water partition coefficient (Wildman–Crippen LogP) is -3.64. The van der Waals surface area contributed by atoms with Crippen LogP contribution in [-0.4, -0.2) is 67.9 Å². The van der Waals surface area contributed by atoms with Crippen molar-refractivity contribution in [1.29, 1.82) is 0 Å². The fraction of sp³-hybridized carbons (Fsp3) is 0.875. The Morgan fingerprint density at radius 3 is 2.50 bits per heavy atom. The van der Waals surface area contributed by atoms with E-state index in [-0.39, 0.29) is 0 Å². The molecular formula is C8H13N2O6+. The molecule has 7 atom stereocenters. The van der Waals surface area contributed by atoms with E-state index in [0.29, 0.717) is 0 Å². The molecule has 0 bridgehead atoms. The van der Waals surface area contributed by atoms with Gasteiger partial charge >= 0.3 is 12.0 Å². The second-order valence-electron chi connectivity index (χ2n) is 4.32. The van der Waals surface area contributed by atoms with Crippen molar-refractivity contribution < 1.29 is 29.7 Å². The van der Waals surface area contributed by atoms with E-state index in [2.05, 4.69) is 9.78 Å². The van der Waals surface area contributed by atoms with Crippen LogP contribution in [0.5, 0.6) is 0 Å². The van der Waals surface area contributed by atoms with Gasteiger partial charge in [-0.25, -0.2) is 0 Å². The minimum atomic E-state index is -1.33. The predicted molar refractivity (Wildman–Crippen MR) is 47.3 cm³/mol. The summed E-state index contributed by atoms with van der Waals surface area (Å²) >= 11 is 0. The molecule has 16 heavy (non-hydrogen) atoms. The third-order valence-corrected chi connectivity index (χ3v) is 3.40. The van der Waals surface area contributed by atoms with Crippen LogP contribution in [0.2, 0.25) is 0 Å². The van der Waals surface area contributed by atoms with Gasteiger partial charge < -0.3 is 25.7 Å². The Bertz CT molecular complexity index is 364. The summed E-state index contributed by atoms with van der Waals surface area (Å²) in [6.07, 6.45) is -4.70. The van der Waals surface area contributed by atoms with Crippen molar-refractivity contribution in [1.82, 2.24) is 10.4 Å². The van der Waals surface area contributed by atoms with E-state index in [4.69, 9.17) is 0 Å². The molecule has 3 heterocycles. The van der Waals surface area contributed by atoms with Gasteiger partial charge in [0.25, 0.3) is 6.23 Å². The quantitative estimate of drug-likeness (QED) is 0.236. The van der Waals surface area contributed by atoms with Gasteiger partial charge in [-0.3, -0.25) is 9.26 Å². The minimum absolute atomic E-state index is 0.419. The average Bonchev–Trinajstić information content (AvgIpc) is 3.06. The Morgan fingerprint density at radius 1 is 1.38 bits per heavy atom. The maximum atomic E-state index is 10.9. The highest BCUT2D eigenvalue weighted by atomic mass is 17.1. The van der Waals surface area contributed by atoms with Gasteiger partial charge in [0.1, 0.15) is 6.10 Å². The summed E-state index contributed by atoms with van der Waals surface area (Å²) in [7, 11) is 0. The lowest BCUT2D eigenvalue weighted by Crippen LogP contribution is -2.64. The number of carbonyl (C=O) groups is 1. The number of nitrogens with zero attached hydrogens (tertiary/aromatic N) is 1. The molecule has 5 N–H and O–H groups in total. The number of nitrogens with one attached hydrogen (secondary N) is 1. The van der Waals surface area contributed by atoms with E-state index < -0.39 is 42.4 Å². The van der Waals surface area contributed by atoms with Gasteiger partial charge in [-0.1, -0.05) is 0 Å². The number of carbonyl (C=O) groups excluding carboxylic acids is 1. The molecule has 0 saturated carbocycles. The summed E-state index contributed by atoms with van der Waals surface area (Å²) < 4.78 is 2.22. The number of hydrogen-bond acceptors (Lipinski definition) is 6. The number of hydrogen-bond donors (Lipinski definition) is 5. The lowest BCUT2D eigenvalue weighted by Gasteiger charge is -2.33. The zero-order valence-electron chi connectivity index (χ0n) is 8.44. The largest absolute Gasteiger partial charge is 0.387 e. The van der Waals surface area contributed by atoms with Crippen LogP contribution in [0.4, 0.5) is 0 Å². The lowest BCUT2D eigenvalue weighted by atomic mass is 9.97. The molecule has 8 heteroatoms. The number of aliphatic hydroxyl groups is 4. The maximum absolute atomic E-state index is 10.9. The fourth-order valence-electron chi connectivity index (χ4n) is 2.53. The molecule has 3 aliphatic heterocycles. The van der Waals surface area contributed by atoms with Gasteiger partial charge in [0.15, 0.2) is 12.1 Å². The topological polar surface area (TPSA) is 116 Å². The number of hydroxylamine groups is 2. The first-order valence-corrected chi connectivity index (χ1v) is 4.96. The van der Waals surface area contributed by atoms with Gasteiger partial charge in [0, 0.05) is 6.92 Å².